The normalized spacial score (nSPS) is 12.0. The number of halogens is 1. The Kier molecular flexibility index (Phi) is 5.48. The van der Waals surface area contributed by atoms with Gasteiger partial charge in [-0.05, 0) is 53.1 Å². The van der Waals surface area contributed by atoms with Crippen molar-refractivity contribution in [2.24, 2.45) is 0 Å². The summed E-state index contributed by atoms with van der Waals surface area (Å²) in [7, 11) is 1.64. The highest BCUT2D eigenvalue weighted by Crippen LogP contribution is 2.25. The van der Waals surface area contributed by atoms with Crippen molar-refractivity contribution in [2.45, 2.75) is 19.4 Å². The van der Waals surface area contributed by atoms with E-state index >= 15 is 0 Å². The van der Waals surface area contributed by atoms with E-state index in [1.54, 1.807) is 42.5 Å². The molecule has 6 heteroatoms. The summed E-state index contributed by atoms with van der Waals surface area (Å²) >= 11 is 0. The van der Waals surface area contributed by atoms with Gasteiger partial charge in [-0.25, -0.2) is 9.37 Å². The van der Waals surface area contributed by atoms with Gasteiger partial charge in [0.2, 0.25) is 5.91 Å². The topological polar surface area (TPSA) is 56.1 Å². The molecule has 0 spiro atoms. The third-order valence-electron chi connectivity index (χ3n) is 5.23. The van der Waals surface area contributed by atoms with Crippen LogP contribution in [-0.4, -0.2) is 22.6 Å². The maximum atomic E-state index is 14.4. The van der Waals surface area contributed by atoms with Crippen molar-refractivity contribution in [1.82, 2.24) is 14.9 Å². The van der Waals surface area contributed by atoms with Gasteiger partial charge < -0.3 is 14.6 Å². The summed E-state index contributed by atoms with van der Waals surface area (Å²) in [6.45, 7) is 2.12. The van der Waals surface area contributed by atoms with Gasteiger partial charge >= 0.3 is 0 Å². The third kappa shape index (κ3) is 4.03. The molecule has 1 aromatic heterocycles. The van der Waals surface area contributed by atoms with E-state index in [-0.39, 0.29) is 24.2 Å². The Hall–Kier alpha value is -3.67. The van der Waals surface area contributed by atoms with Crippen LogP contribution in [-0.2, 0) is 11.3 Å². The smallest absolute Gasteiger partial charge is 0.227 e. The molecule has 0 bridgehead atoms. The van der Waals surface area contributed by atoms with E-state index in [2.05, 4.69) is 10.3 Å². The van der Waals surface area contributed by atoms with Gasteiger partial charge in [-0.3, -0.25) is 4.79 Å². The first-order chi connectivity index (χ1) is 14.5. The lowest BCUT2D eigenvalue weighted by molar-refractivity contribution is -0.122. The molecule has 0 saturated heterocycles. The van der Waals surface area contributed by atoms with Crippen molar-refractivity contribution >= 4 is 16.7 Å². The molecule has 1 atom stereocenters. The summed E-state index contributed by atoms with van der Waals surface area (Å²) in [6.07, 6.45) is 4.82. The Morgan fingerprint density at radius 2 is 1.93 bits per heavy atom. The summed E-state index contributed by atoms with van der Waals surface area (Å²) in [6, 6.07) is 16.7. The van der Waals surface area contributed by atoms with Crippen LogP contribution >= 0.6 is 0 Å². The molecule has 30 heavy (non-hydrogen) atoms. The summed E-state index contributed by atoms with van der Waals surface area (Å²) in [5.74, 6) is -0.00129. The van der Waals surface area contributed by atoms with E-state index in [1.165, 1.54) is 6.07 Å². The van der Waals surface area contributed by atoms with E-state index < -0.39 is 0 Å². The molecule has 0 saturated carbocycles. The van der Waals surface area contributed by atoms with Crippen molar-refractivity contribution in [2.75, 3.05) is 7.11 Å². The quantitative estimate of drug-likeness (QED) is 0.512. The summed E-state index contributed by atoms with van der Waals surface area (Å²) in [5.41, 5.74) is 2.04. The van der Waals surface area contributed by atoms with Gasteiger partial charge in [-0.2, -0.15) is 0 Å². The number of aromatic nitrogens is 2. The third-order valence-corrected chi connectivity index (χ3v) is 5.23. The molecule has 1 heterocycles. The number of nitrogens with one attached hydrogen (secondary N) is 1. The number of amides is 1. The summed E-state index contributed by atoms with van der Waals surface area (Å²) < 4.78 is 21.3. The first-order valence-corrected chi connectivity index (χ1v) is 9.67. The average Bonchev–Trinajstić information content (AvgIpc) is 3.30. The lowest BCUT2D eigenvalue weighted by Gasteiger charge is -2.14. The Morgan fingerprint density at radius 1 is 1.13 bits per heavy atom. The van der Waals surface area contributed by atoms with E-state index in [0.29, 0.717) is 11.3 Å². The Balaban J connectivity index is 1.43. The molecule has 1 amide bonds. The fraction of sp³-hybridized carbons (Fsp3) is 0.167. The molecule has 0 unspecified atom stereocenters. The lowest BCUT2D eigenvalue weighted by atomic mass is 9.97. The summed E-state index contributed by atoms with van der Waals surface area (Å²) in [4.78, 5) is 16.6. The zero-order valence-corrected chi connectivity index (χ0v) is 16.8. The first kappa shape index (κ1) is 19.6. The number of carbonyl (C=O) groups is 1. The van der Waals surface area contributed by atoms with Crippen LogP contribution in [0, 0.1) is 5.82 Å². The minimum Gasteiger partial charge on any atom is -0.497 e. The highest BCUT2D eigenvalue weighted by molar-refractivity contribution is 5.88. The molecule has 4 aromatic rings. The highest BCUT2D eigenvalue weighted by Gasteiger charge is 2.16. The van der Waals surface area contributed by atoms with E-state index in [0.717, 1.165) is 22.1 Å². The maximum Gasteiger partial charge on any atom is 0.227 e. The number of benzene rings is 3. The van der Waals surface area contributed by atoms with Crippen molar-refractivity contribution in [3.63, 3.8) is 0 Å². The fourth-order valence-electron chi connectivity index (χ4n) is 3.40. The maximum absolute atomic E-state index is 14.4. The number of hydrogen-bond acceptors (Lipinski definition) is 3. The second kappa shape index (κ2) is 8.37. The fourth-order valence-corrected chi connectivity index (χ4v) is 3.40. The molecule has 5 nitrogen and oxygen atoms in total. The number of fused-ring (bicyclic) bond motifs is 1. The van der Waals surface area contributed by atoms with Crippen LogP contribution in [0.15, 0.2) is 73.3 Å². The molecule has 0 aliphatic heterocycles. The number of carbonyl (C=O) groups excluding carboxylic acids is 1. The van der Waals surface area contributed by atoms with Gasteiger partial charge in [-0.15, -0.1) is 0 Å². The van der Waals surface area contributed by atoms with Crippen LogP contribution in [0.3, 0.4) is 0 Å². The number of methoxy groups -OCH3 is 1. The molecular formula is C24H22FN3O2. The number of imidazole rings is 1. The largest absolute Gasteiger partial charge is 0.497 e. The molecule has 0 aliphatic carbocycles. The highest BCUT2D eigenvalue weighted by atomic mass is 19.1. The van der Waals surface area contributed by atoms with Crippen LogP contribution in [0.2, 0.25) is 0 Å². The van der Waals surface area contributed by atoms with Crippen LogP contribution < -0.4 is 10.1 Å². The minimum atomic E-state index is -0.363. The van der Waals surface area contributed by atoms with Crippen molar-refractivity contribution in [1.29, 1.82) is 0 Å². The van der Waals surface area contributed by atoms with Crippen molar-refractivity contribution in [3.05, 3.63) is 90.3 Å². The van der Waals surface area contributed by atoms with Crippen LogP contribution in [0.5, 0.6) is 5.75 Å². The number of hydrogen-bond donors (Lipinski definition) is 1. The zero-order chi connectivity index (χ0) is 21.1. The lowest BCUT2D eigenvalue weighted by Crippen LogP contribution is -2.27. The summed E-state index contributed by atoms with van der Waals surface area (Å²) in [5, 5.41) is 5.00. The van der Waals surface area contributed by atoms with Gasteiger partial charge in [0.05, 0.1) is 25.0 Å². The predicted octanol–water partition coefficient (Wildman–Crippen LogP) is 4.59. The SMILES string of the molecule is COc1ccc2cc([C@H](C)C(=O)NCc3ccc(-n4ccnc4)c(F)c3)ccc2c1. The van der Waals surface area contributed by atoms with Gasteiger partial charge in [0, 0.05) is 18.9 Å². The zero-order valence-electron chi connectivity index (χ0n) is 16.8. The van der Waals surface area contributed by atoms with Crippen LogP contribution in [0.1, 0.15) is 24.0 Å². The molecular weight excluding hydrogens is 381 g/mol. The Morgan fingerprint density at radius 3 is 2.67 bits per heavy atom. The van der Waals surface area contributed by atoms with Gasteiger partial charge in [0.1, 0.15) is 11.6 Å². The van der Waals surface area contributed by atoms with E-state index in [4.69, 9.17) is 4.74 Å². The van der Waals surface area contributed by atoms with Crippen molar-refractivity contribution in [3.8, 4) is 11.4 Å². The number of nitrogens with zero attached hydrogens (tertiary/aromatic N) is 2. The second-order valence-corrected chi connectivity index (χ2v) is 7.17. The van der Waals surface area contributed by atoms with E-state index in [9.17, 15) is 9.18 Å². The monoisotopic (exact) mass is 403 g/mol. The molecule has 1 N–H and O–H groups in total. The molecule has 3 aromatic carbocycles. The van der Waals surface area contributed by atoms with E-state index in [1.807, 2.05) is 43.3 Å². The van der Waals surface area contributed by atoms with Gasteiger partial charge in [-0.1, -0.05) is 30.3 Å². The Labute approximate surface area is 174 Å². The first-order valence-electron chi connectivity index (χ1n) is 9.67. The van der Waals surface area contributed by atoms with Gasteiger partial charge in [0.25, 0.3) is 0 Å². The Bertz CT molecular complexity index is 1190. The van der Waals surface area contributed by atoms with Crippen LogP contribution in [0.25, 0.3) is 16.5 Å². The molecule has 0 radical (unpaired) electrons. The molecule has 0 fully saturated rings. The van der Waals surface area contributed by atoms with Crippen molar-refractivity contribution < 1.29 is 13.9 Å². The number of ether oxygens (including phenoxy) is 1. The molecule has 152 valence electrons. The van der Waals surface area contributed by atoms with Gasteiger partial charge in [0.15, 0.2) is 0 Å². The number of rotatable bonds is 6. The second-order valence-electron chi connectivity index (χ2n) is 7.17. The molecule has 0 aliphatic rings. The standard InChI is InChI=1S/C24H22FN3O2/c1-16(18-4-5-20-13-21(30-2)7-6-19(20)12-18)24(29)27-14-17-3-8-23(22(25)11-17)28-10-9-26-15-28/h3-13,15-16H,14H2,1-2H3,(H,27,29)/t16-/m0/s1. The predicted molar refractivity (Wildman–Crippen MR) is 114 cm³/mol. The minimum absolute atomic E-state index is 0.109. The average molecular weight is 403 g/mol. The molecule has 4 rings (SSSR count). The van der Waals surface area contributed by atoms with Crippen LogP contribution in [0.4, 0.5) is 4.39 Å².